The van der Waals surface area contributed by atoms with Crippen LogP contribution < -0.4 is 5.32 Å². The molecule has 92 valence electrons. The minimum Gasteiger partial charge on any atom is -0.330 e. The quantitative estimate of drug-likeness (QED) is 0.882. The lowest BCUT2D eigenvalue weighted by molar-refractivity contribution is 0.569. The average molecular weight is 249 g/mol. The molecule has 0 radical (unpaired) electrons. The second-order valence-electron chi connectivity index (χ2n) is 4.31. The number of thioether (sulfide) groups is 1. The van der Waals surface area contributed by atoms with Crippen molar-refractivity contribution in [1.82, 2.24) is 14.9 Å². The van der Waals surface area contributed by atoms with Crippen LogP contribution in [0, 0.1) is 0 Å². The second-order valence-corrected chi connectivity index (χ2v) is 5.22. The summed E-state index contributed by atoms with van der Waals surface area (Å²) >= 11 is 1.86. The first kappa shape index (κ1) is 12.5. The molecule has 1 aromatic carbocycles. The van der Waals surface area contributed by atoms with Crippen molar-refractivity contribution in [3.8, 4) is 0 Å². The normalized spacial score (nSPS) is 13.1. The van der Waals surface area contributed by atoms with Gasteiger partial charge in [-0.15, -0.1) is 0 Å². The van der Waals surface area contributed by atoms with Crippen molar-refractivity contribution in [3.63, 3.8) is 0 Å². The van der Waals surface area contributed by atoms with Crippen LogP contribution in [0.1, 0.15) is 12.7 Å². The largest absolute Gasteiger partial charge is 0.330 e. The molecule has 0 saturated heterocycles. The molecule has 3 nitrogen and oxygen atoms in total. The van der Waals surface area contributed by atoms with E-state index in [4.69, 9.17) is 0 Å². The Morgan fingerprint density at radius 1 is 1.41 bits per heavy atom. The lowest BCUT2D eigenvalue weighted by Gasteiger charge is -2.11. The zero-order valence-electron chi connectivity index (χ0n) is 10.6. The number of benzene rings is 1. The molecule has 1 heterocycles. The fourth-order valence-electron chi connectivity index (χ4n) is 1.93. The molecule has 1 unspecified atom stereocenters. The third kappa shape index (κ3) is 2.82. The van der Waals surface area contributed by atoms with E-state index in [1.807, 2.05) is 17.8 Å². The maximum absolute atomic E-state index is 4.64. The van der Waals surface area contributed by atoms with Crippen molar-refractivity contribution in [2.45, 2.75) is 19.5 Å². The maximum atomic E-state index is 4.64. The molecule has 0 aliphatic rings. The number of aryl methyl sites for hydroxylation is 1. The van der Waals surface area contributed by atoms with Crippen molar-refractivity contribution in [2.75, 3.05) is 12.0 Å². The topological polar surface area (TPSA) is 29.9 Å². The fraction of sp³-hybridized carbons (Fsp3) is 0.462. The summed E-state index contributed by atoms with van der Waals surface area (Å²) in [6.45, 7) is 3.03. The van der Waals surface area contributed by atoms with Crippen LogP contribution >= 0.6 is 11.8 Å². The number of aromatic nitrogens is 2. The van der Waals surface area contributed by atoms with Crippen LogP contribution in [0.3, 0.4) is 0 Å². The van der Waals surface area contributed by atoms with Gasteiger partial charge >= 0.3 is 0 Å². The van der Waals surface area contributed by atoms with Gasteiger partial charge in [0.2, 0.25) is 0 Å². The molecule has 1 atom stereocenters. The van der Waals surface area contributed by atoms with Gasteiger partial charge in [0.05, 0.1) is 17.6 Å². The van der Waals surface area contributed by atoms with Crippen LogP contribution in [0.2, 0.25) is 0 Å². The van der Waals surface area contributed by atoms with E-state index in [1.165, 1.54) is 5.52 Å². The molecule has 0 aliphatic heterocycles. The summed E-state index contributed by atoms with van der Waals surface area (Å²) < 4.78 is 2.16. The van der Waals surface area contributed by atoms with Crippen LogP contribution in [0.15, 0.2) is 24.3 Å². The van der Waals surface area contributed by atoms with Crippen LogP contribution in [0.25, 0.3) is 11.0 Å². The highest BCUT2D eigenvalue weighted by atomic mass is 32.2. The lowest BCUT2D eigenvalue weighted by atomic mass is 10.3. The number of imidazole rings is 1. The third-order valence-corrected chi connectivity index (χ3v) is 3.74. The second kappa shape index (κ2) is 5.56. The van der Waals surface area contributed by atoms with E-state index in [0.717, 1.165) is 23.6 Å². The first-order valence-corrected chi connectivity index (χ1v) is 7.24. The molecule has 1 N–H and O–H groups in total. The van der Waals surface area contributed by atoms with E-state index in [1.54, 1.807) is 0 Å². The summed E-state index contributed by atoms with van der Waals surface area (Å²) in [5.41, 5.74) is 2.27. The number of nitrogens with zero attached hydrogens (tertiary/aromatic N) is 2. The van der Waals surface area contributed by atoms with Gasteiger partial charge in [-0.05, 0) is 25.3 Å². The molecule has 2 rings (SSSR count). The van der Waals surface area contributed by atoms with Crippen LogP contribution in [0.5, 0.6) is 0 Å². The van der Waals surface area contributed by atoms with Crippen molar-refractivity contribution >= 4 is 22.8 Å². The van der Waals surface area contributed by atoms with Crippen LogP contribution in [0.4, 0.5) is 0 Å². The molecule has 4 heteroatoms. The number of nitrogens with one attached hydrogen (secondary N) is 1. The van der Waals surface area contributed by atoms with Gasteiger partial charge in [-0.3, -0.25) is 0 Å². The Bertz CT molecular complexity index is 492. The molecular formula is C13H19N3S. The van der Waals surface area contributed by atoms with Crippen molar-refractivity contribution in [3.05, 3.63) is 30.1 Å². The predicted octanol–water partition coefficient (Wildman–Crippen LogP) is 2.41. The zero-order valence-corrected chi connectivity index (χ0v) is 11.4. The Labute approximate surface area is 107 Å². The van der Waals surface area contributed by atoms with Gasteiger partial charge in [0.1, 0.15) is 5.82 Å². The van der Waals surface area contributed by atoms with Crippen molar-refractivity contribution < 1.29 is 0 Å². The molecule has 17 heavy (non-hydrogen) atoms. The summed E-state index contributed by atoms with van der Waals surface area (Å²) in [4.78, 5) is 4.64. The van der Waals surface area contributed by atoms with Gasteiger partial charge in [-0.25, -0.2) is 4.98 Å². The fourth-order valence-corrected chi connectivity index (χ4v) is 2.55. The Morgan fingerprint density at radius 3 is 2.88 bits per heavy atom. The number of para-hydroxylation sites is 2. The van der Waals surface area contributed by atoms with E-state index >= 15 is 0 Å². The Kier molecular flexibility index (Phi) is 4.07. The highest BCUT2D eigenvalue weighted by Crippen LogP contribution is 2.14. The molecule has 0 amide bonds. The van der Waals surface area contributed by atoms with Crippen molar-refractivity contribution in [1.29, 1.82) is 0 Å². The minimum absolute atomic E-state index is 0.518. The number of rotatable bonds is 5. The van der Waals surface area contributed by atoms with Crippen LogP contribution in [-0.2, 0) is 13.6 Å². The molecule has 0 aliphatic carbocycles. The SMILES string of the molecule is CSCC(C)NCc1nc2ccccc2n1C. The van der Waals surface area contributed by atoms with E-state index in [0.29, 0.717) is 6.04 Å². The van der Waals surface area contributed by atoms with Gasteiger partial charge < -0.3 is 9.88 Å². The Balaban J connectivity index is 2.11. The van der Waals surface area contributed by atoms with Gasteiger partial charge in [-0.1, -0.05) is 12.1 Å². The first-order valence-electron chi connectivity index (χ1n) is 5.85. The molecule has 0 bridgehead atoms. The smallest absolute Gasteiger partial charge is 0.123 e. The summed E-state index contributed by atoms with van der Waals surface area (Å²) in [5, 5.41) is 3.50. The van der Waals surface area contributed by atoms with E-state index in [2.05, 4.69) is 53.3 Å². The monoisotopic (exact) mass is 249 g/mol. The summed E-state index contributed by atoms with van der Waals surface area (Å²) in [6, 6.07) is 8.77. The number of hydrogen-bond acceptors (Lipinski definition) is 3. The van der Waals surface area contributed by atoms with Gasteiger partial charge in [0.15, 0.2) is 0 Å². The molecule has 0 saturated carbocycles. The van der Waals surface area contributed by atoms with E-state index in [-0.39, 0.29) is 0 Å². The predicted molar refractivity (Wildman–Crippen MR) is 75.4 cm³/mol. The molecule has 0 spiro atoms. The summed E-state index contributed by atoms with van der Waals surface area (Å²) in [7, 11) is 2.07. The van der Waals surface area contributed by atoms with Crippen LogP contribution in [-0.4, -0.2) is 27.6 Å². The standard InChI is InChI=1S/C13H19N3S/c1-10(9-17-3)14-8-13-15-11-6-4-5-7-12(11)16(13)2/h4-7,10,14H,8-9H2,1-3H3. The summed E-state index contributed by atoms with van der Waals surface area (Å²) in [5.74, 6) is 2.23. The Hall–Kier alpha value is -1.00. The van der Waals surface area contributed by atoms with Gasteiger partial charge in [-0.2, -0.15) is 11.8 Å². The number of hydrogen-bond donors (Lipinski definition) is 1. The lowest BCUT2D eigenvalue weighted by Crippen LogP contribution is -2.28. The molecule has 1 aromatic heterocycles. The van der Waals surface area contributed by atoms with Gasteiger partial charge in [0, 0.05) is 18.8 Å². The van der Waals surface area contributed by atoms with E-state index in [9.17, 15) is 0 Å². The molecule has 2 aromatic rings. The van der Waals surface area contributed by atoms with Crippen molar-refractivity contribution in [2.24, 2.45) is 7.05 Å². The molecule has 0 fully saturated rings. The average Bonchev–Trinajstić information content (AvgIpc) is 2.65. The first-order chi connectivity index (χ1) is 8.22. The Morgan fingerprint density at radius 2 is 2.18 bits per heavy atom. The minimum atomic E-state index is 0.518. The highest BCUT2D eigenvalue weighted by Gasteiger charge is 2.07. The maximum Gasteiger partial charge on any atom is 0.123 e. The zero-order chi connectivity index (χ0) is 12.3. The number of fused-ring (bicyclic) bond motifs is 1. The van der Waals surface area contributed by atoms with E-state index < -0.39 is 0 Å². The molecular weight excluding hydrogens is 230 g/mol. The van der Waals surface area contributed by atoms with Gasteiger partial charge in [0.25, 0.3) is 0 Å². The summed E-state index contributed by atoms with van der Waals surface area (Å²) in [6.07, 6.45) is 2.13. The highest BCUT2D eigenvalue weighted by molar-refractivity contribution is 7.98. The third-order valence-electron chi connectivity index (χ3n) is 2.91.